The molecule has 0 aromatic carbocycles. The summed E-state index contributed by atoms with van der Waals surface area (Å²) in [6, 6.07) is 0. The fourth-order valence-corrected chi connectivity index (χ4v) is 1.69. The Labute approximate surface area is 87.5 Å². The van der Waals surface area contributed by atoms with Gasteiger partial charge in [0.15, 0.2) is 6.10 Å². The van der Waals surface area contributed by atoms with Crippen molar-refractivity contribution < 1.29 is 19.8 Å². The van der Waals surface area contributed by atoms with E-state index in [1.54, 1.807) is 0 Å². The summed E-state index contributed by atoms with van der Waals surface area (Å²) in [7, 11) is 0. The van der Waals surface area contributed by atoms with Gasteiger partial charge in [-0.1, -0.05) is 12.8 Å². The molecule has 1 unspecified atom stereocenters. The molecule has 15 heavy (non-hydrogen) atoms. The molecule has 0 bridgehead atoms. The first-order valence-corrected chi connectivity index (χ1v) is 4.94. The smallest absolute Gasteiger partial charge is 0.334 e. The van der Waals surface area contributed by atoms with Gasteiger partial charge < -0.3 is 21.3 Å². The molecule has 5 N–H and O–H groups in total. The Morgan fingerprint density at radius 1 is 1.40 bits per heavy atom. The number of carbonyl (C=O) groups is 2. The monoisotopic (exact) mass is 216 g/mol. The largest absolute Gasteiger partial charge is 0.479 e. The molecular weight excluding hydrogens is 200 g/mol. The van der Waals surface area contributed by atoms with E-state index in [2.05, 4.69) is 5.32 Å². The minimum absolute atomic E-state index is 0.298. The fraction of sp³-hybridized carbons (Fsp3) is 0.778. The van der Waals surface area contributed by atoms with Gasteiger partial charge in [-0.3, -0.25) is 4.79 Å². The highest BCUT2D eigenvalue weighted by Crippen LogP contribution is 2.27. The lowest BCUT2D eigenvalue weighted by atomic mass is 9.98. The summed E-state index contributed by atoms with van der Waals surface area (Å²) < 4.78 is 0. The predicted molar refractivity (Wildman–Crippen MR) is 52.0 cm³/mol. The summed E-state index contributed by atoms with van der Waals surface area (Å²) in [6.07, 6.45) is 1.47. The number of hydrogen-bond donors (Lipinski definition) is 4. The van der Waals surface area contributed by atoms with Crippen molar-refractivity contribution in [2.45, 2.75) is 37.3 Å². The fourth-order valence-electron chi connectivity index (χ4n) is 1.69. The van der Waals surface area contributed by atoms with E-state index in [0.29, 0.717) is 12.8 Å². The van der Waals surface area contributed by atoms with E-state index in [4.69, 9.17) is 15.9 Å². The molecule has 6 heteroatoms. The maximum Gasteiger partial charge on any atom is 0.334 e. The second kappa shape index (κ2) is 4.59. The first-order chi connectivity index (χ1) is 6.96. The third kappa shape index (κ3) is 2.90. The molecule has 6 nitrogen and oxygen atoms in total. The third-order valence-corrected chi connectivity index (χ3v) is 2.69. The number of aliphatic hydroxyl groups is 1. The number of amides is 1. The Balaban J connectivity index is 2.39. The number of hydrogen-bond acceptors (Lipinski definition) is 4. The quantitative estimate of drug-likeness (QED) is 0.472. The van der Waals surface area contributed by atoms with Gasteiger partial charge in [0, 0.05) is 0 Å². The van der Waals surface area contributed by atoms with Crippen molar-refractivity contribution in [2.75, 3.05) is 6.54 Å². The van der Waals surface area contributed by atoms with Gasteiger partial charge in [-0.2, -0.15) is 0 Å². The first kappa shape index (κ1) is 11.9. The molecule has 0 heterocycles. The number of carboxylic acids is 1. The molecular formula is C9H16N2O4. The summed E-state index contributed by atoms with van der Waals surface area (Å²) in [5.74, 6) is -1.73. The number of aliphatic carboxylic acids is 1. The van der Waals surface area contributed by atoms with Gasteiger partial charge in [0.05, 0.1) is 12.1 Å². The average Bonchev–Trinajstić information content (AvgIpc) is 2.62. The topological polar surface area (TPSA) is 113 Å². The zero-order valence-electron chi connectivity index (χ0n) is 8.40. The second-order valence-corrected chi connectivity index (χ2v) is 3.93. The Hall–Kier alpha value is -1.14. The summed E-state index contributed by atoms with van der Waals surface area (Å²) in [6.45, 7) is -0.298. The predicted octanol–water partition coefficient (Wildman–Crippen LogP) is -1.18. The van der Waals surface area contributed by atoms with Crippen LogP contribution in [-0.4, -0.2) is 40.3 Å². The molecule has 1 amide bonds. The molecule has 0 spiro atoms. The van der Waals surface area contributed by atoms with E-state index in [0.717, 1.165) is 12.8 Å². The Morgan fingerprint density at radius 2 is 1.93 bits per heavy atom. The third-order valence-electron chi connectivity index (χ3n) is 2.69. The lowest BCUT2D eigenvalue weighted by Crippen LogP contribution is -2.53. The van der Waals surface area contributed by atoms with Crippen LogP contribution in [0.4, 0.5) is 0 Å². The molecule has 0 saturated heterocycles. The minimum atomic E-state index is -1.57. The van der Waals surface area contributed by atoms with E-state index in [1.807, 2.05) is 0 Å². The number of nitrogens with two attached hydrogens (primary N) is 1. The van der Waals surface area contributed by atoms with Crippen LogP contribution < -0.4 is 11.1 Å². The molecule has 86 valence electrons. The van der Waals surface area contributed by atoms with E-state index in [1.165, 1.54) is 0 Å². The zero-order valence-corrected chi connectivity index (χ0v) is 8.40. The lowest BCUT2D eigenvalue weighted by molar-refractivity contribution is -0.146. The van der Waals surface area contributed by atoms with Crippen LogP contribution in [0.25, 0.3) is 0 Å². The molecule has 0 radical (unpaired) electrons. The summed E-state index contributed by atoms with van der Waals surface area (Å²) in [4.78, 5) is 21.8. The Kier molecular flexibility index (Phi) is 3.65. The highest BCUT2D eigenvalue weighted by molar-refractivity contribution is 5.86. The first-order valence-electron chi connectivity index (χ1n) is 4.94. The van der Waals surface area contributed by atoms with Gasteiger partial charge in [-0.05, 0) is 12.8 Å². The van der Waals surface area contributed by atoms with E-state index < -0.39 is 17.6 Å². The SMILES string of the molecule is NC1(C(=O)NCC(O)C(=O)O)CCCC1. The maximum atomic E-state index is 11.6. The standard InChI is InChI=1S/C9H16N2O4/c10-9(3-1-2-4-9)8(15)11-5-6(12)7(13)14/h6,12H,1-5,10H2,(H,11,15)(H,13,14). The molecule has 1 aliphatic carbocycles. The number of carboxylic acid groups (broad SMARTS) is 1. The van der Waals surface area contributed by atoms with Crippen molar-refractivity contribution in [3.05, 3.63) is 0 Å². The average molecular weight is 216 g/mol. The van der Waals surface area contributed by atoms with Gasteiger partial charge >= 0.3 is 5.97 Å². The second-order valence-electron chi connectivity index (χ2n) is 3.93. The van der Waals surface area contributed by atoms with E-state index in [-0.39, 0.29) is 12.5 Å². The van der Waals surface area contributed by atoms with Crippen molar-refractivity contribution in [2.24, 2.45) is 5.73 Å². The molecule has 1 saturated carbocycles. The van der Waals surface area contributed by atoms with Crippen molar-refractivity contribution in [3.8, 4) is 0 Å². The maximum absolute atomic E-state index is 11.6. The van der Waals surface area contributed by atoms with Crippen LogP contribution in [0, 0.1) is 0 Å². The van der Waals surface area contributed by atoms with Crippen LogP contribution >= 0.6 is 0 Å². The number of aliphatic hydroxyl groups excluding tert-OH is 1. The molecule has 0 aromatic rings. The van der Waals surface area contributed by atoms with Crippen LogP contribution in [0.3, 0.4) is 0 Å². The van der Waals surface area contributed by atoms with Crippen LogP contribution in [0.1, 0.15) is 25.7 Å². The van der Waals surface area contributed by atoms with Crippen LogP contribution in [0.15, 0.2) is 0 Å². The molecule has 0 aliphatic heterocycles. The Morgan fingerprint density at radius 3 is 2.40 bits per heavy atom. The summed E-state index contributed by atoms with van der Waals surface area (Å²) >= 11 is 0. The van der Waals surface area contributed by atoms with Gasteiger partial charge in [0.2, 0.25) is 5.91 Å². The highest BCUT2D eigenvalue weighted by atomic mass is 16.4. The van der Waals surface area contributed by atoms with Gasteiger partial charge in [-0.15, -0.1) is 0 Å². The highest BCUT2D eigenvalue weighted by Gasteiger charge is 2.37. The summed E-state index contributed by atoms with van der Waals surface area (Å²) in [5, 5.41) is 19.7. The molecule has 1 aliphatic rings. The van der Waals surface area contributed by atoms with Gasteiger partial charge in [0.1, 0.15) is 0 Å². The van der Waals surface area contributed by atoms with Crippen LogP contribution in [-0.2, 0) is 9.59 Å². The van der Waals surface area contributed by atoms with Gasteiger partial charge in [0.25, 0.3) is 0 Å². The zero-order chi connectivity index (χ0) is 11.5. The van der Waals surface area contributed by atoms with Crippen LogP contribution in [0.2, 0.25) is 0 Å². The number of nitrogens with one attached hydrogen (secondary N) is 1. The Bertz CT molecular complexity index is 261. The number of rotatable bonds is 4. The normalized spacial score (nSPS) is 20.9. The molecule has 1 fully saturated rings. The van der Waals surface area contributed by atoms with E-state index in [9.17, 15) is 9.59 Å². The molecule has 1 rings (SSSR count). The lowest BCUT2D eigenvalue weighted by Gasteiger charge is -2.22. The van der Waals surface area contributed by atoms with Crippen molar-refractivity contribution in [1.82, 2.24) is 5.32 Å². The van der Waals surface area contributed by atoms with Crippen molar-refractivity contribution >= 4 is 11.9 Å². The summed E-state index contributed by atoms with van der Waals surface area (Å²) in [5.41, 5.74) is 4.95. The molecule has 1 atom stereocenters. The number of carbonyl (C=O) groups excluding carboxylic acids is 1. The van der Waals surface area contributed by atoms with E-state index >= 15 is 0 Å². The van der Waals surface area contributed by atoms with Gasteiger partial charge in [-0.25, -0.2) is 4.79 Å². The minimum Gasteiger partial charge on any atom is -0.479 e. The molecule has 0 aromatic heterocycles. The van der Waals surface area contributed by atoms with Crippen LogP contribution in [0.5, 0.6) is 0 Å². The van der Waals surface area contributed by atoms with Crippen molar-refractivity contribution in [3.63, 3.8) is 0 Å². The van der Waals surface area contributed by atoms with Crippen molar-refractivity contribution in [1.29, 1.82) is 0 Å².